The highest BCUT2D eigenvalue weighted by Gasteiger charge is 2.34. The predicted octanol–water partition coefficient (Wildman–Crippen LogP) is 2.27. The Morgan fingerprint density at radius 3 is 2.70 bits per heavy atom. The van der Waals surface area contributed by atoms with Crippen LogP contribution in [0, 0.1) is 0 Å². The van der Waals surface area contributed by atoms with Crippen molar-refractivity contribution in [3.63, 3.8) is 0 Å². The molecule has 1 aliphatic rings. The van der Waals surface area contributed by atoms with Gasteiger partial charge in [-0.25, -0.2) is 18.6 Å². The van der Waals surface area contributed by atoms with Gasteiger partial charge in [-0.05, 0) is 6.07 Å². The van der Waals surface area contributed by atoms with Crippen molar-refractivity contribution in [2.75, 3.05) is 18.0 Å². The van der Waals surface area contributed by atoms with Crippen molar-refractivity contribution < 1.29 is 18.7 Å². The summed E-state index contributed by atoms with van der Waals surface area (Å²) in [5.74, 6) is -3.68. The number of piperidine rings is 1. The standard InChI is InChI=1S/C13H13F2N3O2/c14-13(15)1-4-17(5-2-13)10-7-9(12(19)20)8-18-6-3-16-11(10)18/h3,6-8H,1-2,4-5H2,(H,19,20). The summed E-state index contributed by atoms with van der Waals surface area (Å²) in [6.45, 7) is 0.386. The average molecular weight is 281 g/mol. The van der Waals surface area contributed by atoms with E-state index < -0.39 is 11.9 Å². The lowest BCUT2D eigenvalue weighted by molar-refractivity contribution is -0.0220. The van der Waals surface area contributed by atoms with Crippen LogP contribution in [-0.2, 0) is 0 Å². The molecule has 0 aromatic carbocycles. The molecule has 0 bridgehead atoms. The first-order valence-electron chi connectivity index (χ1n) is 6.29. The van der Waals surface area contributed by atoms with Crippen molar-refractivity contribution in [3.8, 4) is 0 Å². The Hall–Kier alpha value is -2.18. The van der Waals surface area contributed by atoms with Crippen molar-refractivity contribution >= 4 is 17.3 Å². The highest BCUT2D eigenvalue weighted by molar-refractivity contribution is 5.90. The summed E-state index contributed by atoms with van der Waals surface area (Å²) in [5, 5.41) is 9.12. The molecule has 0 aliphatic carbocycles. The van der Waals surface area contributed by atoms with Gasteiger partial charge >= 0.3 is 5.97 Å². The fourth-order valence-electron chi connectivity index (χ4n) is 2.44. The molecular formula is C13H13F2N3O2. The van der Waals surface area contributed by atoms with Crippen LogP contribution in [0.4, 0.5) is 14.5 Å². The van der Waals surface area contributed by atoms with Crippen molar-refractivity contribution in [2.24, 2.45) is 0 Å². The Balaban J connectivity index is 2.02. The molecule has 1 saturated heterocycles. The van der Waals surface area contributed by atoms with Crippen molar-refractivity contribution in [1.29, 1.82) is 0 Å². The quantitative estimate of drug-likeness (QED) is 0.917. The molecule has 2 aromatic heterocycles. The number of alkyl halides is 2. The van der Waals surface area contributed by atoms with Crippen LogP contribution in [0.2, 0.25) is 0 Å². The lowest BCUT2D eigenvalue weighted by Crippen LogP contribution is -2.39. The van der Waals surface area contributed by atoms with Crippen LogP contribution in [0.15, 0.2) is 24.7 Å². The van der Waals surface area contributed by atoms with E-state index in [-0.39, 0.29) is 31.5 Å². The molecule has 0 amide bonds. The Kier molecular flexibility index (Phi) is 2.84. The third-order valence-corrected chi connectivity index (χ3v) is 3.55. The van der Waals surface area contributed by atoms with Crippen LogP contribution in [0.3, 0.4) is 0 Å². The maximum absolute atomic E-state index is 13.2. The van der Waals surface area contributed by atoms with Gasteiger partial charge in [0, 0.05) is 44.5 Å². The van der Waals surface area contributed by atoms with E-state index in [0.29, 0.717) is 11.3 Å². The topological polar surface area (TPSA) is 57.8 Å². The maximum Gasteiger partial charge on any atom is 0.337 e. The minimum Gasteiger partial charge on any atom is -0.478 e. The molecule has 1 N–H and O–H groups in total. The van der Waals surface area contributed by atoms with E-state index in [1.165, 1.54) is 12.3 Å². The molecule has 106 valence electrons. The highest BCUT2D eigenvalue weighted by atomic mass is 19.3. The fraction of sp³-hybridized carbons (Fsp3) is 0.385. The van der Waals surface area contributed by atoms with Gasteiger partial charge in [-0.15, -0.1) is 0 Å². The number of aromatic nitrogens is 2. The Morgan fingerprint density at radius 1 is 1.35 bits per heavy atom. The lowest BCUT2D eigenvalue weighted by Gasteiger charge is -2.33. The fourth-order valence-corrected chi connectivity index (χ4v) is 2.44. The second-order valence-electron chi connectivity index (χ2n) is 4.92. The second kappa shape index (κ2) is 4.43. The van der Waals surface area contributed by atoms with E-state index in [4.69, 9.17) is 5.11 Å². The predicted molar refractivity (Wildman–Crippen MR) is 68.5 cm³/mol. The molecule has 3 heterocycles. The number of carboxylic acid groups (broad SMARTS) is 1. The number of halogens is 2. The van der Waals surface area contributed by atoms with Crippen molar-refractivity contribution in [1.82, 2.24) is 9.38 Å². The van der Waals surface area contributed by atoms with E-state index in [1.54, 1.807) is 21.7 Å². The van der Waals surface area contributed by atoms with E-state index in [1.807, 2.05) is 0 Å². The lowest BCUT2D eigenvalue weighted by atomic mass is 10.1. The van der Waals surface area contributed by atoms with E-state index in [2.05, 4.69) is 4.98 Å². The smallest absolute Gasteiger partial charge is 0.337 e. The summed E-state index contributed by atoms with van der Waals surface area (Å²) in [7, 11) is 0. The molecule has 0 radical (unpaired) electrons. The van der Waals surface area contributed by atoms with Gasteiger partial charge in [0.15, 0.2) is 5.65 Å². The number of anilines is 1. The van der Waals surface area contributed by atoms with Crippen LogP contribution >= 0.6 is 0 Å². The average Bonchev–Trinajstić information content (AvgIpc) is 2.85. The van der Waals surface area contributed by atoms with Crippen molar-refractivity contribution in [3.05, 3.63) is 30.2 Å². The summed E-state index contributed by atoms with van der Waals surface area (Å²) < 4.78 is 28.0. The first-order chi connectivity index (χ1) is 9.46. The maximum atomic E-state index is 13.2. The number of aromatic carboxylic acids is 1. The first-order valence-corrected chi connectivity index (χ1v) is 6.29. The number of pyridine rings is 1. The summed E-state index contributed by atoms with van der Waals surface area (Å²) in [4.78, 5) is 17.1. The molecule has 5 nitrogen and oxygen atoms in total. The van der Waals surface area contributed by atoms with Gasteiger partial charge in [-0.2, -0.15) is 0 Å². The number of imidazole rings is 1. The number of carbonyl (C=O) groups is 1. The zero-order chi connectivity index (χ0) is 14.3. The number of hydrogen-bond acceptors (Lipinski definition) is 3. The summed E-state index contributed by atoms with van der Waals surface area (Å²) in [6.07, 6.45) is 4.22. The molecule has 0 spiro atoms. The molecule has 1 aliphatic heterocycles. The van der Waals surface area contributed by atoms with E-state index >= 15 is 0 Å². The van der Waals surface area contributed by atoms with Crippen LogP contribution in [0.25, 0.3) is 5.65 Å². The molecule has 0 saturated carbocycles. The van der Waals surface area contributed by atoms with Gasteiger partial charge in [0.25, 0.3) is 5.92 Å². The summed E-state index contributed by atoms with van der Waals surface area (Å²) >= 11 is 0. The second-order valence-corrected chi connectivity index (χ2v) is 4.92. The molecule has 0 atom stereocenters. The van der Waals surface area contributed by atoms with Gasteiger partial charge < -0.3 is 14.4 Å². The van der Waals surface area contributed by atoms with Gasteiger partial charge in [0.2, 0.25) is 0 Å². The Morgan fingerprint density at radius 2 is 2.05 bits per heavy atom. The minimum absolute atomic E-state index is 0.114. The van der Waals surface area contributed by atoms with Gasteiger partial charge in [-0.3, -0.25) is 0 Å². The number of carboxylic acids is 1. The van der Waals surface area contributed by atoms with E-state index in [0.717, 1.165) is 0 Å². The zero-order valence-electron chi connectivity index (χ0n) is 10.6. The molecular weight excluding hydrogens is 268 g/mol. The van der Waals surface area contributed by atoms with Gasteiger partial charge in [0.1, 0.15) is 0 Å². The number of hydrogen-bond donors (Lipinski definition) is 1. The minimum atomic E-state index is -2.63. The normalized spacial score (nSPS) is 18.4. The van der Waals surface area contributed by atoms with Crippen LogP contribution in [-0.4, -0.2) is 39.5 Å². The van der Waals surface area contributed by atoms with Gasteiger partial charge in [0.05, 0.1) is 11.3 Å². The molecule has 7 heteroatoms. The highest BCUT2D eigenvalue weighted by Crippen LogP contribution is 2.32. The third-order valence-electron chi connectivity index (χ3n) is 3.55. The monoisotopic (exact) mass is 281 g/mol. The third kappa shape index (κ3) is 2.19. The Bertz CT molecular complexity index is 659. The Labute approximate surface area is 113 Å². The van der Waals surface area contributed by atoms with Gasteiger partial charge in [-0.1, -0.05) is 0 Å². The molecule has 2 aromatic rings. The van der Waals surface area contributed by atoms with Crippen LogP contribution < -0.4 is 4.90 Å². The molecule has 1 fully saturated rings. The van der Waals surface area contributed by atoms with E-state index in [9.17, 15) is 13.6 Å². The van der Waals surface area contributed by atoms with Crippen LogP contribution in [0.1, 0.15) is 23.2 Å². The summed E-state index contributed by atoms with van der Waals surface area (Å²) in [5.41, 5.74) is 1.29. The number of fused-ring (bicyclic) bond motifs is 1. The molecule has 20 heavy (non-hydrogen) atoms. The largest absolute Gasteiger partial charge is 0.478 e. The SMILES string of the molecule is O=C(O)c1cc(N2CCC(F)(F)CC2)c2nccn2c1. The van der Waals surface area contributed by atoms with Crippen molar-refractivity contribution in [2.45, 2.75) is 18.8 Å². The molecule has 0 unspecified atom stereocenters. The number of rotatable bonds is 2. The molecule has 3 rings (SSSR count). The first kappa shape index (κ1) is 12.8. The summed E-state index contributed by atoms with van der Waals surface area (Å²) in [6, 6.07) is 1.49. The zero-order valence-corrected chi connectivity index (χ0v) is 10.6. The number of nitrogens with zero attached hydrogens (tertiary/aromatic N) is 3. The van der Waals surface area contributed by atoms with Crippen LogP contribution in [0.5, 0.6) is 0 Å².